The van der Waals surface area contributed by atoms with Gasteiger partial charge in [0, 0.05) is 140 Å². The monoisotopic (exact) mass is 1480 g/mol. The molecule has 0 radical (unpaired) electrons. The highest BCUT2D eigenvalue weighted by Crippen LogP contribution is 2.45. The van der Waals surface area contributed by atoms with Gasteiger partial charge in [0.1, 0.15) is 16.7 Å². The summed E-state index contributed by atoms with van der Waals surface area (Å²) in [7, 11) is 0. The van der Waals surface area contributed by atoms with Crippen LogP contribution in [0.15, 0.2) is 371 Å². The van der Waals surface area contributed by atoms with Crippen LogP contribution >= 0.6 is 0 Å². The van der Waals surface area contributed by atoms with Crippen molar-refractivity contribution in [3.05, 3.63) is 371 Å². The van der Waals surface area contributed by atoms with Crippen molar-refractivity contribution in [2.45, 2.75) is 0 Å². The highest BCUT2D eigenvalue weighted by Gasteiger charge is 2.23. The van der Waals surface area contributed by atoms with Crippen LogP contribution in [0, 0.1) is 0 Å². The minimum Gasteiger partial charge on any atom is -0.315 e. The number of benzene rings is 16. The van der Waals surface area contributed by atoms with E-state index >= 15 is 0 Å². The molecule has 11 nitrogen and oxygen atoms in total. The van der Waals surface area contributed by atoms with Gasteiger partial charge in [-0.1, -0.05) is 297 Å². The van der Waals surface area contributed by atoms with Crippen molar-refractivity contribution < 1.29 is 0 Å². The SMILES string of the molecule is c1ccc2c(c1)ccc1c2c2nc3ccccc3nc2n2cc3ccccc3c12.c1ccc2c(c1)ccc1c2c2nc3nccnc3nc2n2cc3ccccc3c12.c1ccc2cc3c(cc2c1)c1c2ccccc2ccc1c1c2ccccc2cn31.c1ccc2nc3c(cc2c1)c1c2ccccc2ccc1c1c2ccccc2cn31. The molecule has 0 amide bonds. The predicted molar refractivity (Wildman–Crippen MR) is 484 cm³/mol. The molecule has 12 aromatic heterocycles. The van der Waals surface area contributed by atoms with E-state index in [9.17, 15) is 0 Å². The van der Waals surface area contributed by atoms with Gasteiger partial charge in [0.2, 0.25) is 0 Å². The van der Waals surface area contributed by atoms with Gasteiger partial charge in [-0.25, -0.2) is 34.9 Å². The minimum absolute atomic E-state index is 0.554. The zero-order valence-corrected chi connectivity index (χ0v) is 62.1. The third kappa shape index (κ3) is 9.51. The Kier molecular flexibility index (Phi) is 13.7. The van der Waals surface area contributed by atoms with Crippen LogP contribution in [0.4, 0.5) is 0 Å². The molecule has 12 heterocycles. The molecule has 0 fully saturated rings. The molecule has 28 aromatic rings. The van der Waals surface area contributed by atoms with Crippen molar-refractivity contribution >= 4 is 240 Å². The van der Waals surface area contributed by atoms with E-state index < -0.39 is 0 Å². The van der Waals surface area contributed by atoms with E-state index in [4.69, 9.17) is 24.9 Å². The van der Waals surface area contributed by atoms with Crippen molar-refractivity contribution in [1.29, 1.82) is 0 Å². The lowest BCUT2D eigenvalue weighted by Crippen LogP contribution is -1.99. The molecule has 11 heteroatoms. The first-order chi connectivity index (χ1) is 57.5. The quantitative estimate of drug-likeness (QED) is 0.110. The topological polar surface area (TPSA) is 108 Å². The number of para-hydroxylation sites is 3. The van der Waals surface area contributed by atoms with Crippen LogP contribution in [0.25, 0.3) is 240 Å². The van der Waals surface area contributed by atoms with Crippen LogP contribution in [0.5, 0.6) is 0 Å². The molecule has 0 aliphatic rings. The van der Waals surface area contributed by atoms with Crippen molar-refractivity contribution in [3.63, 3.8) is 0 Å². The Morgan fingerprint density at radius 3 is 0.974 bits per heavy atom. The summed E-state index contributed by atoms with van der Waals surface area (Å²) < 4.78 is 9.04. The molecular formula is C105H61N11. The van der Waals surface area contributed by atoms with E-state index in [0.717, 1.165) is 60.8 Å². The summed E-state index contributed by atoms with van der Waals surface area (Å²) >= 11 is 0. The first-order valence-corrected chi connectivity index (χ1v) is 39.2. The zero-order chi connectivity index (χ0) is 75.8. The number of nitrogens with zero attached hydrogens (tertiary/aromatic N) is 11. The lowest BCUT2D eigenvalue weighted by Gasteiger charge is -2.13. The highest BCUT2D eigenvalue weighted by molar-refractivity contribution is 6.32. The zero-order valence-electron chi connectivity index (χ0n) is 62.1. The number of hydrogen-bond acceptors (Lipinski definition) is 7. The molecule has 28 rings (SSSR count). The van der Waals surface area contributed by atoms with Crippen molar-refractivity contribution in [3.8, 4) is 0 Å². The van der Waals surface area contributed by atoms with Crippen LogP contribution in [0.3, 0.4) is 0 Å². The molecular weight excluding hydrogens is 1420 g/mol. The number of fused-ring (bicyclic) bond motifs is 44. The van der Waals surface area contributed by atoms with Gasteiger partial charge in [-0.15, -0.1) is 0 Å². The van der Waals surface area contributed by atoms with E-state index in [1.54, 1.807) is 12.4 Å². The molecule has 0 atom stereocenters. The average Bonchev–Trinajstić information content (AvgIpc) is 1.47. The smallest absolute Gasteiger partial charge is 0.199 e. The first kappa shape index (κ1) is 63.9. The number of aromatic nitrogens is 11. The lowest BCUT2D eigenvalue weighted by molar-refractivity contribution is 1.16. The molecule has 0 saturated heterocycles. The second-order valence-corrected chi connectivity index (χ2v) is 30.3. The average molecular weight is 1480 g/mol. The Morgan fingerprint density at radius 2 is 0.491 bits per heavy atom. The Labute approximate surface area is 658 Å². The van der Waals surface area contributed by atoms with E-state index in [2.05, 4.69) is 362 Å². The van der Waals surface area contributed by atoms with Crippen LogP contribution in [-0.4, -0.2) is 52.5 Å². The van der Waals surface area contributed by atoms with Gasteiger partial charge < -0.3 is 4.40 Å². The largest absolute Gasteiger partial charge is 0.315 e. The highest BCUT2D eigenvalue weighted by atomic mass is 15.1. The standard InChI is InChI=1S/C28H17N.C27H16N2.C26H15N3.C24H13N5/c1-2-9-20-16-26-25(15-19(20)8-1)27-22-11-5-3-7-18(22)13-14-24(27)28-23-12-6-4-10-21(23)17-29(26)28;1-4-10-20-17(7-1)13-14-22-25(20)23-15-18-8-3-6-12-24(18)28-27(23)29-16-19-9-2-5-11-21(19)26(22)29;1-3-9-18-16(7-1)13-14-20-23(18)24-26(28-22-12-6-5-11-21(22)27-24)29-15-17-8-2-4-10-19(17)25(20)29;1-3-7-16-14(5-1)9-10-18-19(16)20-24(28-23-22(27-20)25-11-12-26-23)29-13-15-6-2-4-8-17(15)21(18)29/h1-17H;1-16H;1-15H;1-13H. The molecule has 0 unspecified atom stereocenters. The fourth-order valence-electron chi connectivity index (χ4n) is 18.9. The maximum atomic E-state index is 5.12. The number of pyridine rings is 5. The van der Waals surface area contributed by atoms with Gasteiger partial charge in [0.15, 0.2) is 22.6 Å². The minimum atomic E-state index is 0.554. The maximum Gasteiger partial charge on any atom is 0.199 e. The normalized spacial score (nSPS) is 12.1. The molecule has 0 saturated carbocycles. The summed E-state index contributed by atoms with van der Waals surface area (Å²) in [6.45, 7) is 0. The molecule has 0 aliphatic carbocycles. The molecule has 0 bridgehead atoms. The Morgan fingerprint density at radius 1 is 0.181 bits per heavy atom. The van der Waals surface area contributed by atoms with E-state index in [-0.39, 0.29) is 0 Å². The fraction of sp³-hybridized carbons (Fsp3) is 0. The Bertz CT molecular complexity index is 8090. The van der Waals surface area contributed by atoms with Gasteiger partial charge in [0.05, 0.1) is 44.1 Å². The Hall–Kier alpha value is -15.9. The lowest BCUT2D eigenvalue weighted by atomic mass is 9.96. The van der Waals surface area contributed by atoms with Crippen LogP contribution in [0.1, 0.15) is 0 Å². The molecule has 536 valence electrons. The maximum absolute atomic E-state index is 5.12. The van der Waals surface area contributed by atoms with Gasteiger partial charge in [-0.3, -0.25) is 13.2 Å². The summed E-state index contributed by atoms with van der Waals surface area (Å²) in [5.74, 6) is 0. The molecule has 16 aromatic carbocycles. The second kappa shape index (κ2) is 24.8. The third-order valence-corrected chi connectivity index (χ3v) is 24.0. The van der Waals surface area contributed by atoms with E-state index in [1.807, 2.05) is 24.3 Å². The van der Waals surface area contributed by atoms with Gasteiger partial charge in [-0.2, -0.15) is 0 Å². The van der Waals surface area contributed by atoms with Gasteiger partial charge in [-0.05, 0) is 90.3 Å². The summed E-state index contributed by atoms with van der Waals surface area (Å²) in [6, 6.07) is 119. The van der Waals surface area contributed by atoms with E-state index in [0.29, 0.717) is 11.3 Å². The summed E-state index contributed by atoms with van der Waals surface area (Å²) in [4.78, 5) is 33.9. The van der Waals surface area contributed by atoms with E-state index in [1.165, 1.54) is 167 Å². The Balaban J connectivity index is 0.0000000866. The summed E-state index contributed by atoms with van der Waals surface area (Å²) in [5, 5.41) is 36.0. The van der Waals surface area contributed by atoms with Crippen LogP contribution in [-0.2, 0) is 0 Å². The third-order valence-electron chi connectivity index (χ3n) is 24.0. The predicted octanol–water partition coefficient (Wildman–Crippen LogP) is 26.6. The molecule has 116 heavy (non-hydrogen) atoms. The van der Waals surface area contributed by atoms with Crippen molar-refractivity contribution in [2.24, 2.45) is 0 Å². The van der Waals surface area contributed by atoms with Crippen molar-refractivity contribution in [2.75, 3.05) is 0 Å². The van der Waals surface area contributed by atoms with Crippen LogP contribution < -0.4 is 0 Å². The molecule has 0 N–H and O–H groups in total. The molecule has 0 spiro atoms. The van der Waals surface area contributed by atoms with Gasteiger partial charge >= 0.3 is 0 Å². The number of hydrogen-bond donors (Lipinski definition) is 0. The van der Waals surface area contributed by atoms with Crippen LogP contribution in [0.2, 0.25) is 0 Å². The van der Waals surface area contributed by atoms with Crippen molar-refractivity contribution in [1.82, 2.24) is 52.5 Å². The molecule has 0 aliphatic heterocycles. The second-order valence-electron chi connectivity index (χ2n) is 30.3. The summed E-state index contributed by atoms with van der Waals surface area (Å²) in [5.41, 5.74) is 14.6. The number of rotatable bonds is 0. The first-order valence-electron chi connectivity index (χ1n) is 39.2. The summed E-state index contributed by atoms with van der Waals surface area (Å²) in [6.07, 6.45) is 12.2. The fourth-order valence-corrected chi connectivity index (χ4v) is 18.9. The van der Waals surface area contributed by atoms with Gasteiger partial charge in [0.25, 0.3) is 0 Å².